The molecule has 2 aromatic rings. The smallest absolute Gasteiger partial charge is 0.369 e. The van der Waals surface area contributed by atoms with Crippen molar-refractivity contribution in [1.29, 1.82) is 0 Å². The molecule has 0 spiro atoms. The lowest BCUT2D eigenvalue weighted by atomic mass is 10.0. The van der Waals surface area contributed by atoms with Crippen molar-refractivity contribution in [3.8, 4) is 0 Å². The molecule has 1 unspecified atom stereocenters. The lowest BCUT2D eigenvalue weighted by Crippen LogP contribution is -2.15. The molecule has 0 aromatic heterocycles. The van der Waals surface area contributed by atoms with Gasteiger partial charge in [-0.25, -0.2) is 0 Å². The second-order valence-electron chi connectivity index (χ2n) is 5.13. The van der Waals surface area contributed by atoms with Crippen LogP contribution >= 0.6 is 0 Å². The van der Waals surface area contributed by atoms with Crippen LogP contribution in [0.25, 0.3) is 0 Å². The van der Waals surface area contributed by atoms with Crippen LogP contribution in [0.2, 0.25) is 0 Å². The Morgan fingerprint density at radius 2 is 1.48 bits per heavy atom. The van der Waals surface area contributed by atoms with E-state index < -0.39 is 6.36 Å². The second kappa shape index (κ2) is 8.70. The predicted molar refractivity (Wildman–Crippen MR) is 81.7 cm³/mol. The van der Waals surface area contributed by atoms with Crippen LogP contribution < -0.4 is 0 Å². The fraction of sp³-hybridized carbons (Fsp3) is 0.333. The van der Waals surface area contributed by atoms with E-state index in [-0.39, 0.29) is 19.1 Å². The topological polar surface area (TPSA) is 18.5 Å². The van der Waals surface area contributed by atoms with Crippen molar-refractivity contribution in [1.82, 2.24) is 0 Å². The summed E-state index contributed by atoms with van der Waals surface area (Å²) in [5.41, 5.74) is 1.98. The first kappa shape index (κ1) is 17.5. The van der Waals surface area contributed by atoms with E-state index in [0.717, 1.165) is 11.1 Å². The molecule has 1 atom stereocenters. The standard InChI is InChI=1S/C18H19F3O2/c19-18(20,21)23-13-7-12-17(16-10-5-2-6-11-16)22-14-15-8-3-1-4-9-15/h1-6,8-11,17H,7,12-14H2. The van der Waals surface area contributed by atoms with Crippen LogP contribution in [-0.2, 0) is 16.1 Å². The van der Waals surface area contributed by atoms with Gasteiger partial charge in [-0.3, -0.25) is 4.74 Å². The summed E-state index contributed by atoms with van der Waals surface area (Å²) in [6.07, 6.45) is -4.10. The van der Waals surface area contributed by atoms with Gasteiger partial charge in [-0.05, 0) is 24.0 Å². The van der Waals surface area contributed by atoms with Crippen molar-refractivity contribution in [3.63, 3.8) is 0 Å². The fourth-order valence-electron chi connectivity index (χ4n) is 2.24. The van der Waals surface area contributed by atoms with Gasteiger partial charge in [0.25, 0.3) is 0 Å². The van der Waals surface area contributed by atoms with Gasteiger partial charge in [0, 0.05) is 0 Å². The predicted octanol–water partition coefficient (Wildman–Crippen LogP) is 5.26. The van der Waals surface area contributed by atoms with Crippen molar-refractivity contribution < 1.29 is 22.6 Å². The van der Waals surface area contributed by atoms with Gasteiger partial charge >= 0.3 is 6.36 Å². The van der Waals surface area contributed by atoms with Crippen molar-refractivity contribution >= 4 is 0 Å². The van der Waals surface area contributed by atoms with Crippen LogP contribution in [0.4, 0.5) is 13.2 Å². The SMILES string of the molecule is FC(F)(F)OCCCC(OCc1ccccc1)c1ccccc1. The molecule has 0 bridgehead atoms. The summed E-state index contributed by atoms with van der Waals surface area (Å²) in [6.45, 7) is 0.0576. The summed E-state index contributed by atoms with van der Waals surface area (Å²) in [4.78, 5) is 0. The molecule has 0 aliphatic rings. The molecule has 2 rings (SSSR count). The van der Waals surface area contributed by atoms with Gasteiger partial charge in [-0.2, -0.15) is 0 Å². The highest BCUT2D eigenvalue weighted by atomic mass is 19.4. The first-order valence-electron chi connectivity index (χ1n) is 7.46. The summed E-state index contributed by atoms with van der Waals surface area (Å²) < 4.78 is 45.8. The molecule has 2 aromatic carbocycles. The Kier molecular flexibility index (Phi) is 6.62. The summed E-state index contributed by atoms with van der Waals surface area (Å²) in [5.74, 6) is 0. The molecule has 23 heavy (non-hydrogen) atoms. The van der Waals surface area contributed by atoms with E-state index >= 15 is 0 Å². The number of hydrogen-bond acceptors (Lipinski definition) is 2. The van der Waals surface area contributed by atoms with Crippen LogP contribution in [0.15, 0.2) is 60.7 Å². The van der Waals surface area contributed by atoms with E-state index in [1.807, 2.05) is 60.7 Å². The van der Waals surface area contributed by atoms with Crippen molar-refractivity contribution in [2.45, 2.75) is 31.9 Å². The molecule has 0 fully saturated rings. The van der Waals surface area contributed by atoms with E-state index in [1.165, 1.54) is 0 Å². The van der Waals surface area contributed by atoms with E-state index in [4.69, 9.17) is 4.74 Å². The number of rotatable bonds is 8. The van der Waals surface area contributed by atoms with Crippen LogP contribution in [0.5, 0.6) is 0 Å². The van der Waals surface area contributed by atoms with Gasteiger partial charge in [0.15, 0.2) is 0 Å². The molecule has 0 amide bonds. The second-order valence-corrected chi connectivity index (χ2v) is 5.13. The first-order valence-corrected chi connectivity index (χ1v) is 7.46. The quantitative estimate of drug-likeness (QED) is 0.617. The van der Waals surface area contributed by atoms with Gasteiger partial charge in [0.05, 0.1) is 19.3 Å². The Hall–Kier alpha value is -1.85. The minimum Gasteiger partial charge on any atom is -0.369 e. The monoisotopic (exact) mass is 324 g/mol. The minimum atomic E-state index is -4.58. The zero-order valence-electron chi connectivity index (χ0n) is 12.6. The molecule has 0 saturated carbocycles. The Balaban J connectivity index is 1.90. The summed E-state index contributed by atoms with van der Waals surface area (Å²) >= 11 is 0. The molecule has 0 aliphatic carbocycles. The molecule has 0 N–H and O–H groups in total. The summed E-state index contributed by atoms with van der Waals surface area (Å²) in [5, 5.41) is 0. The first-order chi connectivity index (χ1) is 11.0. The lowest BCUT2D eigenvalue weighted by molar-refractivity contribution is -0.325. The molecule has 0 aliphatic heterocycles. The Morgan fingerprint density at radius 1 is 0.870 bits per heavy atom. The third kappa shape index (κ3) is 6.84. The Bertz CT molecular complexity index is 555. The summed E-state index contributed by atoms with van der Waals surface area (Å²) in [7, 11) is 0. The Labute approximate surface area is 133 Å². The van der Waals surface area contributed by atoms with Gasteiger partial charge in [0.2, 0.25) is 0 Å². The van der Waals surface area contributed by atoms with E-state index in [9.17, 15) is 13.2 Å². The van der Waals surface area contributed by atoms with Crippen molar-refractivity contribution in [3.05, 3.63) is 71.8 Å². The number of alkyl halides is 3. The number of benzene rings is 2. The molecule has 124 valence electrons. The normalized spacial score (nSPS) is 13.0. The maximum absolute atomic E-state index is 12.0. The van der Waals surface area contributed by atoms with Crippen LogP contribution in [0.1, 0.15) is 30.1 Å². The maximum Gasteiger partial charge on any atom is 0.522 e. The van der Waals surface area contributed by atoms with E-state index in [2.05, 4.69) is 4.74 Å². The number of ether oxygens (including phenoxy) is 2. The van der Waals surface area contributed by atoms with E-state index in [1.54, 1.807) is 0 Å². The van der Waals surface area contributed by atoms with Gasteiger partial charge in [-0.15, -0.1) is 13.2 Å². The van der Waals surface area contributed by atoms with Crippen LogP contribution in [-0.4, -0.2) is 13.0 Å². The van der Waals surface area contributed by atoms with Crippen LogP contribution in [0.3, 0.4) is 0 Å². The highest BCUT2D eigenvalue weighted by Gasteiger charge is 2.28. The molecule has 0 saturated heterocycles. The maximum atomic E-state index is 12.0. The van der Waals surface area contributed by atoms with E-state index in [0.29, 0.717) is 13.0 Å². The lowest BCUT2D eigenvalue weighted by Gasteiger charge is -2.19. The third-order valence-corrected chi connectivity index (χ3v) is 3.34. The summed E-state index contributed by atoms with van der Waals surface area (Å²) in [6, 6.07) is 19.2. The molecular weight excluding hydrogens is 305 g/mol. The average molecular weight is 324 g/mol. The zero-order valence-corrected chi connectivity index (χ0v) is 12.6. The number of halogens is 3. The van der Waals surface area contributed by atoms with Gasteiger partial charge in [-0.1, -0.05) is 60.7 Å². The average Bonchev–Trinajstić information content (AvgIpc) is 2.55. The van der Waals surface area contributed by atoms with Gasteiger partial charge < -0.3 is 4.74 Å². The molecule has 0 radical (unpaired) electrons. The molecule has 0 heterocycles. The fourth-order valence-corrected chi connectivity index (χ4v) is 2.24. The number of hydrogen-bond donors (Lipinski definition) is 0. The molecule has 5 heteroatoms. The zero-order chi connectivity index (χ0) is 16.5. The van der Waals surface area contributed by atoms with Crippen LogP contribution in [0, 0.1) is 0 Å². The highest BCUT2D eigenvalue weighted by Crippen LogP contribution is 2.25. The minimum absolute atomic E-state index is 0.256. The highest BCUT2D eigenvalue weighted by molar-refractivity contribution is 5.18. The molecular formula is C18H19F3O2. The van der Waals surface area contributed by atoms with Crippen molar-refractivity contribution in [2.75, 3.05) is 6.61 Å². The molecule has 2 nitrogen and oxygen atoms in total. The largest absolute Gasteiger partial charge is 0.522 e. The van der Waals surface area contributed by atoms with Crippen molar-refractivity contribution in [2.24, 2.45) is 0 Å². The Morgan fingerprint density at radius 3 is 2.09 bits per heavy atom. The van der Waals surface area contributed by atoms with Gasteiger partial charge in [0.1, 0.15) is 0 Å². The third-order valence-electron chi connectivity index (χ3n) is 3.34.